The SMILES string of the molecule is CC#CCN1CC[C@]2(CCC3C=C(C(=O)NO)C=CC3C2)C1=O. The quantitative estimate of drug-likeness (QED) is 0.462. The summed E-state index contributed by atoms with van der Waals surface area (Å²) in [5.41, 5.74) is 1.94. The number of nitrogens with one attached hydrogen (secondary N) is 1. The Balaban J connectivity index is 1.71. The first-order chi connectivity index (χ1) is 11.1. The van der Waals surface area contributed by atoms with Gasteiger partial charge in [-0.05, 0) is 44.4 Å². The third-order valence-electron chi connectivity index (χ3n) is 5.46. The molecule has 1 saturated heterocycles. The Morgan fingerprint density at radius 2 is 2.30 bits per heavy atom. The smallest absolute Gasteiger partial charge is 0.274 e. The molecule has 5 heteroatoms. The van der Waals surface area contributed by atoms with Gasteiger partial charge in [-0.2, -0.15) is 0 Å². The van der Waals surface area contributed by atoms with Crippen LogP contribution in [0.1, 0.15) is 32.6 Å². The molecule has 1 aliphatic heterocycles. The molecule has 0 aromatic rings. The van der Waals surface area contributed by atoms with E-state index in [9.17, 15) is 9.59 Å². The zero-order valence-corrected chi connectivity index (χ0v) is 13.3. The Morgan fingerprint density at radius 1 is 1.48 bits per heavy atom. The average Bonchev–Trinajstić information content (AvgIpc) is 2.88. The van der Waals surface area contributed by atoms with E-state index < -0.39 is 5.91 Å². The molecule has 0 bridgehead atoms. The number of carbonyl (C=O) groups excluding carboxylic acids is 2. The molecule has 1 spiro atoms. The van der Waals surface area contributed by atoms with E-state index >= 15 is 0 Å². The maximum atomic E-state index is 12.8. The molecule has 0 radical (unpaired) electrons. The van der Waals surface area contributed by atoms with Gasteiger partial charge in [0.15, 0.2) is 0 Å². The summed E-state index contributed by atoms with van der Waals surface area (Å²) in [6.45, 7) is 3.12. The van der Waals surface area contributed by atoms with Crippen LogP contribution in [-0.4, -0.2) is 35.0 Å². The second-order valence-electron chi connectivity index (χ2n) is 6.68. The number of fused-ring (bicyclic) bond motifs is 1. The van der Waals surface area contributed by atoms with Crippen molar-refractivity contribution in [2.24, 2.45) is 17.3 Å². The van der Waals surface area contributed by atoms with Crippen molar-refractivity contribution in [3.8, 4) is 11.8 Å². The lowest BCUT2D eigenvalue weighted by Crippen LogP contribution is -2.41. The molecule has 2 amide bonds. The van der Waals surface area contributed by atoms with E-state index in [1.807, 2.05) is 17.1 Å². The third kappa shape index (κ3) is 2.79. The van der Waals surface area contributed by atoms with Gasteiger partial charge in [0.25, 0.3) is 5.91 Å². The van der Waals surface area contributed by atoms with Gasteiger partial charge < -0.3 is 4.90 Å². The largest absolute Gasteiger partial charge is 0.331 e. The molecule has 5 nitrogen and oxygen atoms in total. The van der Waals surface area contributed by atoms with Gasteiger partial charge in [-0.15, -0.1) is 5.92 Å². The van der Waals surface area contributed by atoms with E-state index in [1.165, 1.54) is 0 Å². The topological polar surface area (TPSA) is 69.6 Å². The fourth-order valence-electron chi connectivity index (χ4n) is 4.15. The van der Waals surface area contributed by atoms with Gasteiger partial charge in [-0.25, -0.2) is 5.48 Å². The average molecular weight is 314 g/mol. The van der Waals surface area contributed by atoms with E-state index in [4.69, 9.17) is 5.21 Å². The number of amides is 2. The van der Waals surface area contributed by atoms with Crippen LogP contribution in [-0.2, 0) is 9.59 Å². The summed E-state index contributed by atoms with van der Waals surface area (Å²) in [6.07, 6.45) is 9.22. The van der Waals surface area contributed by atoms with E-state index in [1.54, 1.807) is 18.5 Å². The van der Waals surface area contributed by atoms with Crippen molar-refractivity contribution in [1.29, 1.82) is 0 Å². The fourth-order valence-corrected chi connectivity index (χ4v) is 4.15. The van der Waals surface area contributed by atoms with Crippen molar-refractivity contribution in [3.63, 3.8) is 0 Å². The van der Waals surface area contributed by atoms with Crippen LogP contribution in [0.4, 0.5) is 0 Å². The molecular weight excluding hydrogens is 292 g/mol. The predicted octanol–water partition coefficient (Wildman–Crippen LogP) is 1.65. The number of rotatable bonds is 2. The number of likely N-dealkylation sites (tertiary alicyclic amines) is 1. The molecule has 0 aromatic carbocycles. The predicted molar refractivity (Wildman–Crippen MR) is 85.1 cm³/mol. The van der Waals surface area contributed by atoms with Crippen LogP contribution in [0.5, 0.6) is 0 Å². The molecule has 1 saturated carbocycles. The van der Waals surface area contributed by atoms with Crippen LogP contribution in [0.3, 0.4) is 0 Å². The van der Waals surface area contributed by atoms with E-state index in [0.29, 0.717) is 18.0 Å². The highest BCUT2D eigenvalue weighted by Gasteiger charge is 2.50. The Kier molecular flexibility index (Phi) is 4.27. The molecule has 122 valence electrons. The van der Waals surface area contributed by atoms with Crippen molar-refractivity contribution in [2.45, 2.75) is 32.6 Å². The Hall–Kier alpha value is -2.06. The molecule has 2 fully saturated rings. The van der Waals surface area contributed by atoms with Gasteiger partial charge in [0.1, 0.15) is 0 Å². The second-order valence-corrected chi connectivity index (χ2v) is 6.68. The molecule has 2 aliphatic carbocycles. The van der Waals surface area contributed by atoms with Crippen LogP contribution < -0.4 is 5.48 Å². The normalized spacial score (nSPS) is 32.2. The summed E-state index contributed by atoms with van der Waals surface area (Å²) in [5, 5.41) is 8.75. The second kappa shape index (κ2) is 6.21. The summed E-state index contributed by atoms with van der Waals surface area (Å²) in [5.74, 6) is 6.18. The molecule has 0 aromatic heterocycles. The first kappa shape index (κ1) is 15.8. The Bertz CT molecular complexity index is 640. The van der Waals surface area contributed by atoms with Crippen molar-refractivity contribution in [3.05, 3.63) is 23.8 Å². The van der Waals surface area contributed by atoms with Gasteiger partial charge in [0.05, 0.1) is 12.0 Å². The maximum Gasteiger partial charge on any atom is 0.274 e. The van der Waals surface area contributed by atoms with E-state index in [0.717, 1.165) is 32.2 Å². The summed E-state index contributed by atoms with van der Waals surface area (Å²) in [4.78, 5) is 26.2. The minimum atomic E-state index is -0.471. The number of hydrogen-bond donors (Lipinski definition) is 2. The monoisotopic (exact) mass is 314 g/mol. The Morgan fingerprint density at radius 3 is 3.04 bits per heavy atom. The molecule has 2 unspecified atom stereocenters. The van der Waals surface area contributed by atoms with Crippen molar-refractivity contribution in [1.82, 2.24) is 10.4 Å². The molecule has 3 aliphatic rings. The molecule has 2 N–H and O–H groups in total. The summed E-state index contributed by atoms with van der Waals surface area (Å²) in [7, 11) is 0. The zero-order chi connectivity index (χ0) is 16.4. The van der Waals surface area contributed by atoms with Crippen LogP contribution in [0.2, 0.25) is 0 Å². The first-order valence-electron chi connectivity index (χ1n) is 8.13. The Labute approximate surface area is 136 Å². The highest BCUT2D eigenvalue weighted by atomic mass is 16.5. The van der Waals surface area contributed by atoms with Crippen LogP contribution in [0.15, 0.2) is 23.8 Å². The number of nitrogens with zero attached hydrogens (tertiary/aromatic N) is 1. The van der Waals surface area contributed by atoms with E-state index in [-0.39, 0.29) is 17.2 Å². The van der Waals surface area contributed by atoms with Crippen molar-refractivity contribution < 1.29 is 14.8 Å². The van der Waals surface area contributed by atoms with Gasteiger partial charge in [0, 0.05) is 12.1 Å². The maximum absolute atomic E-state index is 12.8. The van der Waals surface area contributed by atoms with Gasteiger partial charge >= 0.3 is 0 Å². The molecule has 1 heterocycles. The zero-order valence-electron chi connectivity index (χ0n) is 13.3. The molecular formula is C18H22N2O3. The molecule has 23 heavy (non-hydrogen) atoms. The van der Waals surface area contributed by atoms with Crippen LogP contribution in [0.25, 0.3) is 0 Å². The number of carbonyl (C=O) groups is 2. The summed E-state index contributed by atoms with van der Waals surface area (Å²) >= 11 is 0. The number of hydrogen-bond acceptors (Lipinski definition) is 3. The highest BCUT2D eigenvalue weighted by molar-refractivity contribution is 5.95. The highest BCUT2D eigenvalue weighted by Crippen LogP contribution is 2.50. The lowest BCUT2D eigenvalue weighted by molar-refractivity contribution is -0.138. The lowest BCUT2D eigenvalue weighted by atomic mass is 9.63. The van der Waals surface area contributed by atoms with Crippen LogP contribution in [0, 0.1) is 29.1 Å². The van der Waals surface area contributed by atoms with Crippen molar-refractivity contribution >= 4 is 11.8 Å². The third-order valence-corrected chi connectivity index (χ3v) is 5.46. The lowest BCUT2D eigenvalue weighted by Gasteiger charge is -2.40. The van der Waals surface area contributed by atoms with Gasteiger partial charge in [0.2, 0.25) is 5.91 Å². The molecule has 3 atom stereocenters. The van der Waals surface area contributed by atoms with Gasteiger partial charge in [-0.3, -0.25) is 14.8 Å². The van der Waals surface area contributed by atoms with Gasteiger partial charge in [-0.1, -0.05) is 24.1 Å². The standard InChI is InChI=1S/C18H22N2O3/c1-2-3-9-20-10-8-18(17(20)22)7-6-13-11-14(16(21)19-23)4-5-15(13)12-18/h4-5,11,13,15,23H,6-10,12H2,1H3,(H,19,21)/t13?,15?,18-/m0/s1. The minimum absolute atomic E-state index is 0.245. The minimum Gasteiger partial charge on any atom is -0.331 e. The summed E-state index contributed by atoms with van der Waals surface area (Å²) < 4.78 is 0. The van der Waals surface area contributed by atoms with Crippen molar-refractivity contribution in [2.75, 3.05) is 13.1 Å². The van der Waals surface area contributed by atoms with Crippen LogP contribution >= 0.6 is 0 Å². The molecule has 3 rings (SSSR count). The van der Waals surface area contributed by atoms with E-state index in [2.05, 4.69) is 11.8 Å². The summed E-state index contributed by atoms with van der Waals surface area (Å²) in [6, 6.07) is 0. The first-order valence-corrected chi connectivity index (χ1v) is 8.13. The number of hydroxylamine groups is 1. The fraction of sp³-hybridized carbons (Fsp3) is 0.556. The number of allylic oxidation sites excluding steroid dienone is 2.